The Kier molecular flexibility index (Phi) is 10.8. The average Bonchev–Trinajstić information content (AvgIpc) is 3.75. The second kappa shape index (κ2) is 18.1. The van der Waals surface area contributed by atoms with Crippen LogP contribution in [-0.2, 0) is 0 Å². The van der Waals surface area contributed by atoms with Gasteiger partial charge in [0.1, 0.15) is 0 Å². The molecule has 12 aromatic carbocycles. The molecule has 0 spiro atoms. The molecule has 0 bridgehead atoms. The molecule has 0 unspecified atom stereocenters. The summed E-state index contributed by atoms with van der Waals surface area (Å²) in [4.78, 5) is 7.25. The van der Waals surface area contributed by atoms with Gasteiger partial charge in [0, 0.05) is 66.7 Å². The van der Waals surface area contributed by atoms with Crippen molar-refractivity contribution in [2.45, 2.75) is 20.8 Å². The summed E-state index contributed by atoms with van der Waals surface area (Å²) < 4.78 is 2.45. The Morgan fingerprint density at radius 2 is 0.562 bits per heavy atom. The van der Waals surface area contributed by atoms with Crippen molar-refractivity contribution in [2.24, 2.45) is 0 Å². The number of hydrogen-bond donors (Lipinski definition) is 0. The van der Waals surface area contributed by atoms with Gasteiger partial charge in [0.25, 0.3) is 0 Å². The summed E-state index contributed by atoms with van der Waals surface area (Å²) in [6, 6.07) is 95.6. The highest BCUT2D eigenvalue weighted by Crippen LogP contribution is 2.46. The van der Waals surface area contributed by atoms with Crippen LogP contribution in [0, 0.1) is 20.8 Å². The zero-order chi connectivity index (χ0) is 49.0. The number of rotatable bonds is 10. The molecule has 348 valence electrons. The van der Waals surface area contributed by atoms with E-state index in [9.17, 15) is 0 Å². The molecule has 1 aromatic heterocycles. The van der Waals surface area contributed by atoms with Crippen molar-refractivity contribution in [1.82, 2.24) is 4.57 Å². The van der Waals surface area contributed by atoms with Gasteiger partial charge in [-0.05, 0) is 169 Å². The quantitative estimate of drug-likeness (QED) is 0.136. The van der Waals surface area contributed by atoms with Crippen molar-refractivity contribution in [3.63, 3.8) is 0 Å². The number of aromatic nitrogens is 1. The number of hydrogen-bond acceptors (Lipinski definition) is 3. The van der Waals surface area contributed by atoms with Gasteiger partial charge in [0.15, 0.2) is 0 Å². The largest absolute Gasteiger partial charge is 0.310 e. The van der Waals surface area contributed by atoms with Crippen LogP contribution in [0.25, 0.3) is 59.8 Å². The molecule has 0 amide bonds. The van der Waals surface area contributed by atoms with Crippen LogP contribution in [0.2, 0.25) is 0 Å². The fourth-order valence-corrected chi connectivity index (χ4v) is 11.1. The van der Waals surface area contributed by atoms with Crippen LogP contribution >= 0.6 is 0 Å². The Bertz CT molecular complexity index is 4020. The first kappa shape index (κ1) is 43.6. The molecule has 0 radical (unpaired) electrons. The van der Waals surface area contributed by atoms with Crippen molar-refractivity contribution in [3.05, 3.63) is 278 Å². The first-order valence-corrected chi connectivity index (χ1v) is 25.2. The number of fused-ring (bicyclic) bond motifs is 6. The van der Waals surface area contributed by atoms with Crippen molar-refractivity contribution >= 4 is 105 Å². The molecule has 0 aliphatic rings. The number of nitrogens with zero attached hydrogens (tertiary/aromatic N) is 4. The van der Waals surface area contributed by atoms with Crippen molar-refractivity contribution in [2.75, 3.05) is 14.7 Å². The molecule has 0 aliphatic heterocycles. The minimum absolute atomic E-state index is 1.08. The molecule has 0 aliphatic carbocycles. The van der Waals surface area contributed by atoms with E-state index in [-0.39, 0.29) is 0 Å². The second-order valence-corrected chi connectivity index (χ2v) is 19.3. The molecule has 13 aromatic rings. The van der Waals surface area contributed by atoms with Gasteiger partial charge >= 0.3 is 0 Å². The molecular formula is C69H52N4. The molecule has 73 heavy (non-hydrogen) atoms. The van der Waals surface area contributed by atoms with E-state index in [1.165, 1.54) is 49.0 Å². The summed E-state index contributed by atoms with van der Waals surface area (Å²) in [5, 5.41) is 9.54. The predicted molar refractivity (Wildman–Crippen MR) is 312 cm³/mol. The molecule has 1 heterocycles. The molecule has 4 nitrogen and oxygen atoms in total. The summed E-state index contributed by atoms with van der Waals surface area (Å²) in [6.45, 7) is 6.51. The summed E-state index contributed by atoms with van der Waals surface area (Å²) in [5.74, 6) is 0. The standard InChI is InChI=1S/C69H52N4/c1-47-16-10-25-55(42-47)70(65-31-13-22-50-19-4-7-28-60(50)65)53-34-36-54(37-35-53)73-68-40-38-58(71(56-26-11-17-48(2)43-56)66-32-14-23-51-20-5-8-29-61(51)66)45-63(68)64-46-59(39-41-69(64)73)72(57-27-12-18-49(3)44-57)67-33-15-24-52-21-6-9-30-62(52)67/h4-46H,1-3H3. The molecular weight excluding hydrogens is 885 g/mol. The van der Waals surface area contributed by atoms with Crippen molar-refractivity contribution in [3.8, 4) is 5.69 Å². The van der Waals surface area contributed by atoms with Gasteiger partial charge in [-0.25, -0.2) is 0 Å². The Labute approximate surface area is 426 Å². The van der Waals surface area contributed by atoms with Crippen LogP contribution in [0.15, 0.2) is 261 Å². The Hall–Kier alpha value is -9.38. The molecule has 0 atom stereocenters. The molecule has 13 rings (SSSR count). The highest BCUT2D eigenvalue weighted by Gasteiger charge is 2.23. The van der Waals surface area contributed by atoms with Crippen molar-refractivity contribution in [1.29, 1.82) is 0 Å². The summed E-state index contributed by atoms with van der Waals surface area (Å²) in [7, 11) is 0. The van der Waals surface area contributed by atoms with Crippen LogP contribution in [0.4, 0.5) is 51.2 Å². The predicted octanol–water partition coefficient (Wildman–Crippen LogP) is 19.6. The number of aryl methyl sites for hydroxylation is 3. The van der Waals surface area contributed by atoms with Crippen LogP contribution in [0.5, 0.6) is 0 Å². The minimum Gasteiger partial charge on any atom is -0.310 e. The maximum absolute atomic E-state index is 2.45. The highest BCUT2D eigenvalue weighted by molar-refractivity contribution is 6.13. The molecule has 0 saturated heterocycles. The lowest BCUT2D eigenvalue weighted by Gasteiger charge is -2.27. The smallest absolute Gasteiger partial charge is 0.0542 e. The van der Waals surface area contributed by atoms with E-state index in [1.54, 1.807) is 0 Å². The van der Waals surface area contributed by atoms with Crippen LogP contribution in [-0.4, -0.2) is 4.57 Å². The first-order chi connectivity index (χ1) is 35.9. The summed E-state index contributed by atoms with van der Waals surface area (Å²) in [6.07, 6.45) is 0. The van der Waals surface area contributed by atoms with Crippen LogP contribution in [0.3, 0.4) is 0 Å². The van der Waals surface area contributed by atoms with Gasteiger partial charge in [0.2, 0.25) is 0 Å². The van der Waals surface area contributed by atoms with E-state index in [1.807, 2.05) is 0 Å². The highest BCUT2D eigenvalue weighted by atomic mass is 15.2. The van der Waals surface area contributed by atoms with Gasteiger partial charge in [0.05, 0.1) is 28.1 Å². The zero-order valence-corrected chi connectivity index (χ0v) is 41.1. The van der Waals surface area contributed by atoms with E-state index in [4.69, 9.17) is 0 Å². The fraction of sp³-hybridized carbons (Fsp3) is 0.0435. The molecule has 4 heteroatoms. The van der Waals surface area contributed by atoms with E-state index < -0.39 is 0 Å². The lowest BCUT2D eigenvalue weighted by molar-refractivity contribution is 1.17. The Morgan fingerprint density at radius 1 is 0.247 bits per heavy atom. The summed E-state index contributed by atoms with van der Waals surface area (Å²) >= 11 is 0. The molecule has 0 N–H and O–H groups in total. The molecule has 0 saturated carbocycles. The number of benzene rings is 12. The second-order valence-electron chi connectivity index (χ2n) is 19.3. The van der Waals surface area contributed by atoms with Crippen molar-refractivity contribution < 1.29 is 0 Å². The zero-order valence-electron chi connectivity index (χ0n) is 41.1. The van der Waals surface area contributed by atoms with Gasteiger partial charge in [-0.1, -0.05) is 146 Å². The van der Waals surface area contributed by atoms with Crippen LogP contribution < -0.4 is 14.7 Å². The maximum atomic E-state index is 2.45. The lowest BCUT2D eigenvalue weighted by Crippen LogP contribution is -2.11. The average molecular weight is 937 g/mol. The topological polar surface area (TPSA) is 14.7 Å². The minimum atomic E-state index is 1.08. The number of anilines is 9. The van der Waals surface area contributed by atoms with Gasteiger partial charge in [-0.3, -0.25) is 0 Å². The first-order valence-electron chi connectivity index (χ1n) is 25.2. The fourth-order valence-electron chi connectivity index (χ4n) is 11.1. The van der Waals surface area contributed by atoms with Gasteiger partial charge in [-0.2, -0.15) is 0 Å². The third-order valence-corrected chi connectivity index (χ3v) is 14.4. The Morgan fingerprint density at radius 3 is 0.945 bits per heavy atom. The monoisotopic (exact) mass is 936 g/mol. The third-order valence-electron chi connectivity index (χ3n) is 14.4. The molecule has 0 fully saturated rings. The summed E-state index contributed by atoms with van der Waals surface area (Å²) in [5.41, 5.74) is 17.0. The van der Waals surface area contributed by atoms with E-state index in [2.05, 4.69) is 301 Å². The van der Waals surface area contributed by atoms with Gasteiger partial charge in [-0.15, -0.1) is 0 Å². The van der Waals surface area contributed by atoms with Crippen LogP contribution in [0.1, 0.15) is 16.7 Å². The maximum Gasteiger partial charge on any atom is 0.0542 e. The van der Waals surface area contributed by atoms with E-state index in [0.29, 0.717) is 0 Å². The van der Waals surface area contributed by atoms with E-state index >= 15 is 0 Å². The van der Waals surface area contributed by atoms with E-state index in [0.717, 1.165) is 78.7 Å². The lowest BCUT2D eigenvalue weighted by atomic mass is 10.0. The Balaban J connectivity index is 1.04. The SMILES string of the molecule is Cc1cccc(N(c2ccc(-n3c4ccc(N(c5cccc(C)c5)c5cccc6ccccc56)cc4c4cc(N(c5cccc(C)c5)c5cccc6ccccc56)ccc43)cc2)c2cccc3ccccc23)c1. The third kappa shape index (κ3) is 7.81. The van der Waals surface area contributed by atoms with Gasteiger partial charge < -0.3 is 19.3 Å². The normalized spacial score (nSPS) is 11.5.